The molecule has 10 heteroatoms. The number of nitrogens with one attached hydrogen (secondary N) is 2. The van der Waals surface area contributed by atoms with E-state index in [4.69, 9.17) is 0 Å². The van der Waals surface area contributed by atoms with Crippen LogP contribution in [0.4, 0.5) is 28.0 Å². The molecule has 1 heterocycles. The number of hydrogen-bond acceptors (Lipinski definition) is 3. The minimum atomic E-state index is -5.27. The molecule has 0 radical (unpaired) electrons. The van der Waals surface area contributed by atoms with Crippen LogP contribution in [0.3, 0.4) is 0 Å². The first-order valence-electron chi connectivity index (χ1n) is 8.47. The lowest BCUT2D eigenvalue weighted by Crippen LogP contribution is -2.70. The van der Waals surface area contributed by atoms with E-state index in [1.807, 2.05) is 0 Å². The van der Waals surface area contributed by atoms with E-state index < -0.39 is 41.4 Å². The maximum absolute atomic E-state index is 13.8. The van der Waals surface area contributed by atoms with Gasteiger partial charge in [-0.3, -0.25) is 14.9 Å². The SMILES string of the molecule is O=C(NC1(C(F)(F)F)NC(=O)N(c2ccc(F)cc2)C1=O)C1CCCCC1. The summed E-state index contributed by atoms with van der Waals surface area (Å²) in [6.07, 6.45) is -2.12. The van der Waals surface area contributed by atoms with Gasteiger partial charge in [0.25, 0.3) is 11.6 Å². The Bertz CT molecular complexity index is 760. The predicted octanol–water partition coefficient (Wildman–Crippen LogP) is 2.84. The van der Waals surface area contributed by atoms with E-state index in [2.05, 4.69) is 0 Å². The average molecular weight is 387 g/mol. The van der Waals surface area contributed by atoms with E-state index in [9.17, 15) is 31.9 Å². The van der Waals surface area contributed by atoms with E-state index in [0.29, 0.717) is 25.7 Å². The second-order valence-corrected chi connectivity index (χ2v) is 6.62. The number of hydrogen-bond donors (Lipinski definition) is 2. The van der Waals surface area contributed by atoms with E-state index in [0.717, 1.165) is 30.7 Å². The summed E-state index contributed by atoms with van der Waals surface area (Å²) >= 11 is 0. The van der Waals surface area contributed by atoms with Gasteiger partial charge in [-0.15, -0.1) is 0 Å². The van der Waals surface area contributed by atoms with Gasteiger partial charge in [0.2, 0.25) is 5.91 Å². The number of benzene rings is 1. The lowest BCUT2D eigenvalue weighted by Gasteiger charge is -2.32. The Hall–Kier alpha value is -2.65. The molecule has 0 spiro atoms. The maximum atomic E-state index is 13.8. The van der Waals surface area contributed by atoms with Gasteiger partial charge in [-0.25, -0.2) is 14.1 Å². The fourth-order valence-corrected chi connectivity index (χ4v) is 3.35. The normalized spacial score (nSPS) is 24.1. The molecule has 1 saturated heterocycles. The first kappa shape index (κ1) is 19.1. The van der Waals surface area contributed by atoms with Crippen LogP contribution in [-0.2, 0) is 9.59 Å². The standard InChI is InChI=1S/C17H17F4N3O3/c18-11-6-8-12(9-7-11)24-14(26)16(17(19,20)21,23-15(24)27)22-13(25)10-4-2-1-3-5-10/h6-10H,1-5H2,(H,22,25)(H,23,27). The zero-order chi connectivity index (χ0) is 19.8. The van der Waals surface area contributed by atoms with Crippen LogP contribution >= 0.6 is 0 Å². The summed E-state index contributed by atoms with van der Waals surface area (Å²) in [7, 11) is 0. The van der Waals surface area contributed by atoms with Crippen LogP contribution < -0.4 is 15.5 Å². The third kappa shape index (κ3) is 3.35. The number of carbonyl (C=O) groups excluding carboxylic acids is 3. The van der Waals surface area contributed by atoms with Gasteiger partial charge in [-0.05, 0) is 37.1 Å². The highest BCUT2D eigenvalue weighted by Crippen LogP contribution is 2.36. The molecule has 1 saturated carbocycles. The van der Waals surface area contributed by atoms with E-state index >= 15 is 0 Å². The monoisotopic (exact) mass is 387 g/mol. The molecule has 1 unspecified atom stereocenters. The van der Waals surface area contributed by atoms with Gasteiger partial charge in [0.05, 0.1) is 5.69 Å². The summed E-state index contributed by atoms with van der Waals surface area (Å²) in [5.74, 6) is -3.95. The van der Waals surface area contributed by atoms with Crippen LogP contribution in [0.2, 0.25) is 0 Å². The van der Waals surface area contributed by atoms with Gasteiger partial charge in [0.15, 0.2) is 0 Å². The maximum Gasteiger partial charge on any atom is 0.440 e. The Morgan fingerprint density at radius 3 is 2.26 bits per heavy atom. The minimum Gasteiger partial charge on any atom is -0.318 e. The number of amides is 4. The lowest BCUT2D eigenvalue weighted by molar-refractivity contribution is -0.202. The first-order chi connectivity index (χ1) is 12.7. The quantitative estimate of drug-likeness (QED) is 0.619. The fourth-order valence-electron chi connectivity index (χ4n) is 3.35. The second kappa shape index (κ2) is 6.82. The number of alkyl halides is 3. The Balaban J connectivity index is 1.92. The zero-order valence-electron chi connectivity index (χ0n) is 14.1. The zero-order valence-corrected chi connectivity index (χ0v) is 14.1. The van der Waals surface area contributed by atoms with Gasteiger partial charge in [-0.2, -0.15) is 13.2 Å². The molecule has 1 aliphatic carbocycles. The number of rotatable bonds is 3. The topological polar surface area (TPSA) is 78.5 Å². The third-order valence-electron chi connectivity index (χ3n) is 4.82. The van der Waals surface area contributed by atoms with Crippen molar-refractivity contribution in [3.63, 3.8) is 0 Å². The van der Waals surface area contributed by atoms with Gasteiger partial charge in [-0.1, -0.05) is 19.3 Å². The van der Waals surface area contributed by atoms with Crippen molar-refractivity contribution >= 4 is 23.5 Å². The molecule has 6 nitrogen and oxygen atoms in total. The van der Waals surface area contributed by atoms with Crippen molar-refractivity contribution in [3.8, 4) is 0 Å². The Kier molecular flexibility index (Phi) is 4.83. The van der Waals surface area contributed by atoms with Crippen LogP contribution in [0, 0.1) is 11.7 Å². The number of anilines is 1. The third-order valence-corrected chi connectivity index (χ3v) is 4.82. The van der Waals surface area contributed by atoms with Gasteiger partial charge < -0.3 is 5.32 Å². The van der Waals surface area contributed by atoms with Crippen molar-refractivity contribution in [2.24, 2.45) is 5.92 Å². The second-order valence-electron chi connectivity index (χ2n) is 6.62. The van der Waals surface area contributed by atoms with Crippen LogP contribution in [0.1, 0.15) is 32.1 Å². The number of urea groups is 1. The molecular formula is C17H17F4N3O3. The molecule has 0 aromatic heterocycles. The fraction of sp³-hybridized carbons (Fsp3) is 0.471. The average Bonchev–Trinajstić information content (AvgIpc) is 2.87. The summed E-state index contributed by atoms with van der Waals surface area (Å²) in [6, 6.07) is 2.46. The van der Waals surface area contributed by atoms with Gasteiger partial charge in [0.1, 0.15) is 5.82 Å². The number of imide groups is 1. The van der Waals surface area contributed by atoms with Gasteiger partial charge in [0, 0.05) is 5.92 Å². The molecule has 4 amide bonds. The highest BCUT2D eigenvalue weighted by atomic mass is 19.4. The van der Waals surface area contributed by atoms with Crippen LogP contribution in [0.5, 0.6) is 0 Å². The van der Waals surface area contributed by atoms with Crippen molar-refractivity contribution in [1.82, 2.24) is 10.6 Å². The number of halogens is 4. The van der Waals surface area contributed by atoms with E-state index in [-0.39, 0.29) is 10.6 Å². The highest BCUT2D eigenvalue weighted by molar-refractivity contribution is 6.24. The van der Waals surface area contributed by atoms with Gasteiger partial charge >= 0.3 is 12.2 Å². The minimum absolute atomic E-state index is 0.239. The molecule has 2 aliphatic rings. The summed E-state index contributed by atoms with van der Waals surface area (Å²) < 4.78 is 54.4. The lowest BCUT2D eigenvalue weighted by atomic mass is 9.88. The van der Waals surface area contributed by atoms with Crippen molar-refractivity contribution < 1.29 is 31.9 Å². The molecule has 3 rings (SSSR count). The Morgan fingerprint density at radius 1 is 1.11 bits per heavy atom. The van der Waals surface area contributed by atoms with Crippen molar-refractivity contribution in [3.05, 3.63) is 30.1 Å². The van der Waals surface area contributed by atoms with Crippen molar-refractivity contribution in [2.45, 2.75) is 43.9 Å². The summed E-state index contributed by atoms with van der Waals surface area (Å²) in [5.41, 5.74) is -3.79. The molecule has 2 N–H and O–H groups in total. The number of carbonyl (C=O) groups is 3. The Morgan fingerprint density at radius 2 is 1.70 bits per heavy atom. The molecule has 146 valence electrons. The molecule has 0 bridgehead atoms. The molecule has 2 fully saturated rings. The highest BCUT2D eigenvalue weighted by Gasteiger charge is 2.69. The Labute approximate surface area is 151 Å². The van der Waals surface area contributed by atoms with Crippen LogP contribution in [-0.4, -0.2) is 29.7 Å². The summed E-state index contributed by atoms with van der Waals surface area (Å²) in [5, 5.41) is 3.31. The summed E-state index contributed by atoms with van der Waals surface area (Å²) in [6.45, 7) is 0. The molecule has 1 aromatic carbocycles. The van der Waals surface area contributed by atoms with E-state index in [1.54, 1.807) is 10.6 Å². The number of nitrogens with zero attached hydrogens (tertiary/aromatic N) is 1. The molecule has 1 atom stereocenters. The van der Waals surface area contributed by atoms with Crippen LogP contribution in [0.15, 0.2) is 24.3 Å². The van der Waals surface area contributed by atoms with Crippen molar-refractivity contribution in [1.29, 1.82) is 0 Å². The predicted molar refractivity (Wildman–Crippen MR) is 85.9 cm³/mol. The van der Waals surface area contributed by atoms with E-state index in [1.165, 1.54) is 0 Å². The van der Waals surface area contributed by atoms with Crippen molar-refractivity contribution in [2.75, 3.05) is 4.90 Å². The largest absolute Gasteiger partial charge is 0.440 e. The molecular weight excluding hydrogens is 370 g/mol. The smallest absolute Gasteiger partial charge is 0.318 e. The molecule has 1 aliphatic heterocycles. The summed E-state index contributed by atoms with van der Waals surface area (Å²) in [4.78, 5) is 37.3. The first-order valence-corrected chi connectivity index (χ1v) is 8.47. The molecule has 27 heavy (non-hydrogen) atoms. The molecule has 1 aromatic rings. The van der Waals surface area contributed by atoms with Crippen LogP contribution in [0.25, 0.3) is 0 Å².